The number of anilines is 1. The maximum Gasteiger partial charge on any atom is 0.0934 e. The molecule has 2 heterocycles. The molecule has 3 nitrogen and oxygen atoms in total. The van der Waals surface area contributed by atoms with Gasteiger partial charge in [0.1, 0.15) is 0 Å². The number of nitrogens with zero attached hydrogens (tertiary/aromatic N) is 1. The molecule has 2 aromatic heterocycles. The molecule has 0 bridgehead atoms. The van der Waals surface area contributed by atoms with Crippen molar-refractivity contribution in [3.63, 3.8) is 0 Å². The molecule has 0 radical (unpaired) electrons. The van der Waals surface area contributed by atoms with Crippen LogP contribution < -0.4 is 5.32 Å². The number of rotatable bonds is 3. The van der Waals surface area contributed by atoms with E-state index in [1.165, 1.54) is 0 Å². The van der Waals surface area contributed by atoms with Crippen molar-refractivity contribution in [1.29, 1.82) is 0 Å². The summed E-state index contributed by atoms with van der Waals surface area (Å²) in [5, 5.41) is 5.11. The van der Waals surface area contributed by atoms with Crippen molar-refractivity contribution < 1.29 is 0 Å². The highest BCUT2D eigenvalue weighted by atomic mass is 35.5. The zero-order valence-electron chi connectivity index (χ0n) is 9.65. The van der Waals surface area contributed by atoms with Gasteiger partial charge in [-0.25, -0.2) is 0 Å². The topological polar surface area (TPSA) is 40.7 Å². The normalized spacial score (nSPS) is 10.7. The van der Waals surface area contributed by atoms with E-state index in [0.717, 1.165) is 28.8 Å². The summed E-state index contributed by atoms with van der Waals surface area (Å²) in [6.45, 7) is 0.721. The molecule has 0 aliphatic heterocycles. The smallest absolute Gasteiger partial charge is 0.0934 e. The number of aromatic amines is 1. The lowest BCUT2D eigenvalue weighted by atomic mass is 10.2. The van der Waals surface area contributed by atoms with Crippen molar-refractivity contribution in [2.75, 3.05) is 5.32 Å². The average molecular weight is 258 g/mol. The molecule has 1 aromatic carbocycles. The molecule has 4 heteroatoms. The summed E-state index contributed by atoms with van der Waals surface area (Å²) in [6, 6.07) is 11.8. The van der Waals surface area contributed by atoms with Gasteiger partial charge in [0.2, 0.25) is 0 Å². The van der Waals surface area contributed by atoms with Crippen LogP contribution in [0.2, 0.25) is 5.02 Å². The minimum Gasteiger partial charge on any atom is -0.378 e. The van der Waals surface area contributed by atoms with Gasteiger partial charge in [-0.15, -0.1) is 0 Å². The molecule has 0 spiro atoms. The van der Waals surface area contributed by atoms with Gasteiger partial charge in [0.05, 0.1) is 17.7 Å². The second kappa shape index (κ2) is 4.70. The fraction of sp³-hybridized carbons (Fsp3) is 0.0714. The molecule has 0 amide bonds. The van der Waals surface area contributed by atoms with Gasteiger partial charge in [0.25, 0.3) is 0 Å². The third-order valence-corrected chi connectivity index (χ3v) is 3.02. The first-order chi connectivity index (χ1) is 8.83. The summed E-state index contributed by atoms with van der Waals surface area (Å²) < 4.78 is 0. The van der Waals surface area contributed by atoms with Gasteiger partial charge < -0.3 is 10.3 Å². The Morgan fingerprint density at radius 2 is 2.17 bits per heavy atom. The molecular formula is C14H12ClN3. The SMILES string of the molecule is Clc1cc(NCc2ccc[nH]2)c2ncccc2c1. The summed E-state index contributed by atoms with van der Waals surface area (Å²) in [7, 11) is 0. The van der Waals surface area contributed by atoms with Gasteiger partial charge in [-0.3, -0.25) is 4.98 Å². The van der Waals surface area contributed by atoms with E-state index in [4.69, 9.17) is 11.6 Å². The number of H-pyrrole nitrogens is 1. The highest BCUT2D eigenvalue weighted by Gasteiger charge is 2.04. The summed E-state index contributed by atoms with van der Waals surface area (Å²) in [5.41, 5.74) is 3.01. The lowest BCUT2D eigenvalue weighted by molar-refractivity contribution is 1.08. The van der Waals surface area contributed by atoms with Crippen molar-refractivity contribution in [3.05, 3.63) is 59.5 Å². The molecule has 0 aliphatic rings. The average Bonchev–Trinajstić information content (AvgIpc) is 2.89. The van der Waals surface area contributed by atoms with Crippen LogP contribution in [0.15, 0.2) is 48.8 Å². The first-order valence-electron chi connectivity index (χ1n) is 5.73. The third-order valence-electron chi connectivity index (χ3n) is 2.80. The predicted molar refractivity (Wildman–Crippen MR) is 74.9 cm³/mol. The van der Waals surface area contributed by atoms with Crippen LogP contribution in [0.5, 0.6) is 0 Å². The van der Waals surface area contributed by atoms with Crippen LogP contribution >= 0.6 is 11.6 Å². The first-order valence-corrected chi connectivity index (χ1v) is 6.11. The standard InChI is InChI=1S/C14H12ClN3/c15-11-7-10-3-1-6-17-14(10)13(8-11)18-9-12-4-2-5-16-12/h1-8,16,18H,9H2. The number of fused-ring (bicyclic) bond motifs is 1. The fourth-order valence-electron chi connectivity index (χ4n) is 1.96. The van der Waals surface area contributed by atoms with Gasteiger partial charge in [-0.1, -0.05) is 17.7 Å². The zero-order valence-corrected chi connectivity index (χ0v) is 10.4. The van der Waals surface area contributed by atoms with Crippen LogP contribution in [0.1, 0.15) is 5.69 Å². The maximum atomic E-state index is 6.11. The van der Waals surface area contributed by atoms with Crippen molar-refractivity contribution >= 4 is 28.2 Å². The Morgan fingerprint density at radius 3 is 3.00 bits per heavy atom. The van der Waals surface area contributed by atoms with Crippen LogP contribution in [-0.2, 0) is 6.54 Å². The molecule has 3 rings (SSSR count). The molecule has 18 heavy (non-hydrogen) atoms. The summed E-state index contributed by atoms with van der Waals surface area (Å²) in [6.07, 6.45) is 3.70. The minimum atomic E-state index is 0.712. The largest absolute Gasteiger partial charge is 0.378 e. The number of hydrogen-bond donors (Lipinski definition) is 2. The summed E-state index contributed by atoms with van der Waals surface area (Å²) >= 11 is 6.11. The molecule has 0 fully saturated rings. The summed E-state index contributed by atoms with van der Waals surface area (Å²) in [4.78, 5) is 7.55. The van der Waals surface area contributed by atoms with Crippen LogP contribution in [0, 0.1) is 0 Å². The maximum absolute atomic E-state index is 6.11. The number of hydrogen-bond acceptors (Lipinski definition) is 2. The Labute approximate surface area is 110 Å². The fourth-order valence-corrected chi connectivity index (χ4v) is 2.19. The van der Waals surface area contributed by atoms with Crippen molar-refractivity contribution in [3.8, 4) is 0 Å². The van der Waals surface area contributed by atoms with Gasteiger partial charge in [0.15, 0.2) is 0 Å². The van der Waals surface area contributed by atoms with Gasteiger partial charge in [0, 0.05) is 28.5 Å². The summed E-state index contributed by atoms with van der Waals surface area (Å²) in [5.74, 6) is 0. The molecule has 0 saturated carbocycles. The van der Waals surface area contributed by atoms with Gasteiger partial charge in [-0.05, 0) is 30.3 Å². The highest BCUT2D eigenvalue weighted by molar-refractivity contribution is 6.31. The van der Waals surface area contributed by atoms with E-state index in [9.17, 15) is 0 Å². The first kappa shape index (κ1) is 11.1. The molecule has 90 valence electrons. The Morgan fingerprint density at radius 1 is 1.22 bits per heavy atom. The molecule has 0 aliphatic carbocycles. The molecular weight excluding hydrogens is 246 g/mol. The van der Waals surface area contributed by atoms with E-state index in [2.05, 4.69) is 15.3 Å². The number of benzene rings is 1. The number of nitrogens with one attached hydrogen (secondary N) is 2. The Hall–Kier alpha value is -2.00. The van der Waals surface area contributed by atoms with Crippen LogP contribution in [0.4, 0.5) is 5.69 Å². The lowest BCUT2D eigenvalue weighted by Crippen LogP contribution is -2.00. The number of pyridine rings is 1. The van der Waals surface area contributed by atoms with Crippen LogP contribution in [-0.4, -0.2) is 9.97 Å². The van der Waals surface area contributed by atoms with E-state index < -0.39 is 0 Å². The van der Waals surface area contributed by atoms with E-state index in [1.807, 2.05) is 42.6 Å². The monoisotopic (exact) mass is 257 g/mol. The third kappa shape index (κ3) is 2.17. The van der Waals surface area contributed by atoms with Crippen molar-refractivity contribution in [1.82, 2.24) is 9.97 Å². The van der Waals surface area contributed by atoms with Crippen LogP contribution in [0.3, 0.4) is 0 Å². The van der Waals surface area contributed by atoms with E-state index in [-0.39, 0.29) is 0 Å². The molecule has 0 unspecified atom stereocenters. The van der Waals surface area contributed by atoms with E-state index >= 15 is 0 Å². The van der Waals surface area contributed by atoms with Crippen molar-refractivity contribution in [2.45, 2.75) is 6.54 Å². The van der Waals surface area contributed by atoms with E-state index in [0.29, 0.717) is 5.02 Å². The van der Waals surface area contributed by atoms with Crippen LogP contribution in [0.25, 0.3) is 10.9 Å². The van der Waals surface area contributed by atoms with Gasteiger partial charge >= 0.3 is 0 Å². The molecule has 2 N–H and O–H groups in total. The second-order valence-corrected chi connectivity index (χ2v) is 4.51. The second-order valence-electron chi connectivity index (χ2n) is 4.08. The zero-order chi connectivity index (χ0) is 12.4. The van der Waals surface area contributed by atoms with E-state index in [1.54, 1.807) is 6.20 Å². The number of aromatic nitrogens is 2. The number of halogens is 1. The molecule has 3 aromatic rings. The Bertz CT molecular complexity index is 662. The predicted octanol–water partition coefficient (Wildman–Crippen LogP) is 3.83. The lowest BCUT2D eigenvalue weighted by Gasteiger charge is -2.09. The molecule has 0 atom stereocenters. The highest BCUT2D eigenvalue weighted by Crippen LogP contribution is 2.26. The Balaban J connectivity index is 1.95. The van der Waals surface area contributed by atoms with Gasteiger partial charge in [-0.2, -0.15) is 0 Å². The molecule has 0 saturated heterocycles. The van der Waals surface area contributed by atoms with Crippen molar-refractivity contribution in [2.24, 2.45) is 0 Å². The Kier molecular flexibility index (Phi) is 2.90. The quantitative estimate of drug-likeness (QED) is 0.749. The minimum absolute atomic E-state index is 0.712.